The predicted molar refractivity (Wildman–Crippen MR) is 80.0 cm³/mol. The molecule has 0 fully saturated rings. The van der Waals surface area contributed by atoms with E-state index in [4.69, 9.17) is 9.47 Å². The molecule has 0 spiro atoms. The minimum absolute atomic E-state index is 0.145. The Bertz CT molecular complexity index is 640. The number of rotatable bonds is 5. The standard InChI is InChI=1S/C16H17NO4/c1-20-14-7-6-12(10-15(14)21-2)17-16(19)9-11-4-3-5-13(18)8-11/h3-8,10,18H,9H2,1-2H3,(H,17,19). The summed E-state index contributed by atoms with van der Waals surface area (Å²) in [4.78, 5) is 12.0. The minimum atomic E-state index is -0.173. The van der Waals surface area contributed by atoms with E-state index in [-0.39, 0.29) is 18.1 Å². The summed E-state index contributed by atoms with van der Waals surface area (Å²) in [6.45, 7) is 0. The van der Waals surface area contributed by atoms with Crippen LogP contribution in [0.1, 0.15) is 5.56 Å². The number of amides is 1. The van der Waals surface area contributed by atoms with Gasteiger partial charge in [-0.1, -0.05) is 12.1 Å². The van der Waals surface area contributed by atoms with Gasteiger partial charge in [-0.3, -0.25) is 4.79 Å². The van der Waals surface area contributed by atoms with E-state index < -0.39 is 0 Å². The monoisotopic (exact) mass is 287 g/mol. The molecule has 110 valence electrons. The molecule has 0 heterocycles. The molecule has 2 aromatic carbocycles. The lowest BCUT2D eigenvalue weighted by atomic mass is 10.1. The molecule has 0 aliphatic heterocycles. The molecule has 2 N–H and O–H groups in total. The molecule has 21 heavy (non-hydrogen) atoms. The van der Waals surface area contributed by atoms with E-state index in [1.807, 2.05) is 0 Å². The number of carbonyl (C=O) groups is 1. The van der Waals surface area contributed by atoms with Crippen LogP contribution in [0.15, 0.2) is 42.5 Å². The number of hydrogen-bond acceptors (Lipinski definition) is 4. The highest BCUT2D eigenvalue weighted by molar-refractivity contribution is 5.92. The first-order valence-corrected chi connectivity index (χ1v) is 6.42. The van der Waals surface area contributed by atoms with Crippen molar-refractivity contribution >= 4 is 11.6 Å². The Morgan fingerprint density at radius 1 is 1.10 bits per heavy atom. The number of ether oxygens (including phenoxy) is 2. The summed E-state index contributed by atoms with van der Waals surface area (Å²) in [5.41, 5.74) is 1.37. The van der Waals surface area contributed by atoms with Crippen molar-refractivity contribution in [2.24, 2.45) is 0 Å². The fraction of sp³-hybridized carbons (Fsp3) is 0.188. The first kappa shape index (κ1) is 14.7. The Labute approximate surface area is 123 Å². The summed E-state index contributed by atoms with van der Waals surface area (Å²) in [6.07, 6.45) is 0.183. The van der Waals surface area contributed by atoms with Crippen LogP contribution in [0.3, 0.4) is 0 Å². The van der Waals surface area contributed by atoms with Gasteiger partial charge in [0.1, 0.15) is 5.75 Å². The number of anilines is 1. The molecular weight excluding hydrogens is 270 g/mol. The predicted octanol–water partition coefficient (Wildman–Crippen LogP) is 2.59. The molecule has 0 atom stereocenters. The summed E-state index contributed by atoms with van der Waals surface area (Å²) < 4.78 is 10.3. The lowest BCUT2D eigenvalue weighted by Gasteiger charge is -2.10. The van der Waals surface area contributed by atoms with Crippen molar-refractivity contribution in [3.8, 4) is 17.2 Å². The Morgan fingerprint density at radius 3 is 2.52 bits per heavy atom. The lowest BCUT2D eigenvalue weighted by Crippen LogP contribution is -2.14. The number of nitrogens with one attached hydrogen (secondary N) is 1. The molecule has 0 radical (unpaired) electrons. The van der Waals surface area contributed by atoms with Crippen molar-refractivity contribution in [1.82, 2.24) is 0 Å². The first-order valence-electron chi connectivity index (χ1n) is 6.42. The smallest absolute Gasteiger partial charge is 0.228 e. The van der Waals surface area contributed by atoms with Crippen LogP contribution in [0.25, 0.3) is 0 Å². The number of aromatic hydroxyl groups is 1. The summed E-state index contributed by atoms with van der Waals surface area (Å²) in [6, 6.07) is 11.8. The second-order valence-electron chi connectivity index (χ2n) is 4.46. The van der Waals surface area contributed by atoms with Gasteiger partial charge < -0.3 is 19.9 Å². The third-order valence-corrected chi connectivity index (χ3v) is 2.94. The highest BCUT2D eigenvalue weighted by Crippen LogP contribution is 2.29. The second kappa shape index (κ2) is 6.65. The maximum Gasteiger partial charge on any atom is 0.228 e. The second-order valence-corrected chi connectivity index (χ2v) is 4.46. The van der Waals surface area contributed by atoms with Crippen molar-refractivity contribution in [2.75, 3.05) is 19.5 Å². The largest absolute Gasteiger partial charge is 0.508 e. The Morgan fingerprint density at radius 2 is 1.86 bits per heavy atom. The zero-order chi connectivity index (χ0) is 15.2. The van der Waals surface area contributed by atoms with Gasteiger partial charge in [-0.2, -0.15) is 0 Å². The van der Waals surface area contributed by atoms with Gasteiger partial charge in [-0.05, 0) is 29.8 Å². The molecule has 0 bridgehead atoms. The third kappa shape index (κ3) is 3.89. The zero-order valence-corrected chi connectivity index (χ0v) is 11.9. The number of benzene rings is 2. The molecule has 0 aromatic heterocycles. The van der Waals surface area contributed by atoms with Gasteiger partial charge >= 0.3 is 0 Å². The molecule has 0 aliphatic carbocycles. The molecule has 5 heteroatoms. The Kier molecular flexibility index (Phi) is 4.66. The number of carbonyl (C=O) groups excluding carboxylic acids is 1. The highest BCUT2D eigenvalue weighted by Gasteiger charge is 2.08. The summed E-state index contributed by atoms with van der Waals surface area (Å²) in [5, 5.41) is 12.2. The molecule has 1 amide bonds. The first-order chi connectivity index (χ1) is 10.1. The van der Waals surface area contributed by atoms with Crippen LogP contribution in [0, 0.1) is 0 Å². The van der Waals surface area contributed by atoms with Gasteiger partial charge in [0.15, 0.2) is 11.5 Å². The molecule has 0 unspecified atom stereocenters. The van der Waals surface area contributed by atoms with E-state index in [1.54, 1.807) is 49.6 Å². The van der Waals surface area contributed by atoms with Gasteiger partial charge in [0, 0.05) is 11.8 Å². The Hall–Kier alpha value is -2.69. The lowest BCUT2D eigenvalue weighted by molar-refractivity contribution is -0.115. The molecule has 5 nitrogen and oxygen atoms in total. The van der Waals surface area contributed by atoms with Crippen molar-refractivity contribution in [1.29, 1.82) is 0 Å². The number of hydrogen-bond donors (Lipinski definition) is 2. The topological polar surface area (TPSA) is 67.8 Å². The number of phenols is 1. The summed E-state index contributed by atoms with van der Waals surface area (Å²) in [7, 11) is 3.09. The van der Waals surface area contributed by atoms with Crippen molar-refractivity contribution in [3.05, 3.63) is 48.0 Å². The highest BCUT2D eigenvalue weighted by atomic mass is 16.5. The van der Waals surface area contributed by atoms with Gasteiger partial charge in [0.05, 0.1) is 20.6 Å². The summed E-state index contributed by atoms with van der Waals surface area (Å²) in [5.74, 6) is 1.12. The van der Waals surface area contributed by atoms with E-state index >= 15 is 0 Å². The number of methoxy groups -OCH3 is 2. The van der Waals surface area contributed by atoms with E-state index in [0.29, 0.717) is 17.2 Å². The molecule has 0 aliphatic rings. The van der Waals surface area contributed by atoms with Crippen molar-refractivity contribution in [2.45, 2.75) is 6.42 Å². The van der Waals surface area contributed by atoms with E-state index in [0.717, 1.165) is 5.56 Å². The SMILES string of the molecule is COc1ccc(NC(=O)Cc2cccc(O)c2)cc1OC. The van der Waals surface area contributed by atoms with Crippen molar-refractivity contribution in [3.63, 3.8) is 0 Å². The average molecular weight is 287 g/mol. The molecule has 0 saturated heterocycles. The Balaban J connectivity index is 2.06. The fourth-order valence-corrected chi connectivity index (χ4v) is 1.97. The van der Waals surface area contributed by atoms with E-state index in [1.165, 1.54) is 7.11 Å². The maximum absolute atomic E-state index is 12.0. The van der Waals surface area contributed by atoms with Crippen LogP contribution < -0.4 is 14.8 Å². The summed E-state index contributed by atoms with van der Waals surface area (Å²) >= 11 is 0. The number of phenolic OH excluding ortho intramolecular Hbond substituents is 1. The average Bonchev–Trinajstić information content (AvgIpc) is 2.47. The van der Waals surface area contributed by atoms with Gasteiger partial charge in [0.25, 0.3) is 0 Å². The van der Waals surface area contributed by atoms with Crippen molar-refractivity contribution < 1.29 is 19.4 Å². The van der Waals surface area contributed by atoms with Crippen LogP contribution in [0.2, 0.25) is 0 Å². The van der Waals surface area contributed by atoms with E-state index in [2.05, 4.69) is 5.32 Å². The molecule has 2 rings (SSSR count). The van der Waals surface area contributed by atoms with Crippen LogP contribution >= 0.6 is 0 Å². The molecule has 2 aromatic rings. The normalized spacial score (nSPS) is 10.0. The third-order valence-electron chi connectivity index (χ3n) is 2.94. The quantitative estimate of drug-likeness (QED) is 0.887. The van der Waals surface area contributed by atoms with Gasteiger partial charge in [-0.25, -0.2) is 0 Å². The van der Waals surface area contributed by atoms with Gasteiger partial charge in [-0.15, -0.1) is 0 Å². The van der Waals surface area contributed by atoms with Gasteiger partial charge in [0.2, 0.25) is 5.91 Å². The fourth-order valence-electron chi connectivity index (χ4n) is 1.97. The van der Waals surface area contributed by atoms with Crippen LogP contribution in [0.4, 0.5) is 5.69 Å². The minimum Gasteiger partial charge on any atom is -0.508 e. The molecular formula is C16H17NO4. The maximum atomic E-state index is 12.0. The zero-order valence-electron chi connectivity index (χ0n) is 11.9. The molecule has 0 saturated carbocycles. The van der Waals surface area contributed by atoms with Crippen LogP contribution in [-0.2, 0) is 11.2 Å². The van der Waals surface area contributed by atoms with Crippen LogP contribution in [0.5, 0.6) is 17.2 Å². The van der Waals surface area contributed by atoms with Crippen LogP contribution in [-0.4, -0.2) is 25.2 Å². The van der Waals surface area contributed by atoms with E-state index in [9.17, 15) is 9.90 Å².